The van der Waals surface area contributed by atoms with Crippen molar-refractivity contribution in [2.24, 2.45) is 0 Å². The van der Waals surface area contributed by atoms with Crippen LogP contribution in [-0.4, -0.2) is 68.2 Å². The first-order chi connectivity index (χ1) is 16.9. The van der Waals surface area contributed by atoms with Crippen LogP contribution in [0.2, 0.25) is 0 Å². The van der Waals surface area contributed by atoms with Crippen LogP contribution in [0.3, 0.4) is 0 Å². The molecule has 186 valence electrons. The normalized spacial score (nSPS) is 23.3. The molecule has 0 aliphatic carbocycles. The van der Waals surface area contributed by atoms with Gasteiger partial charge in [-0.3, -0.25) is 19.8 Å². The number of nitrogens with one attached hydrogen (secondary N) is 1. The fraction of sp³-hybridized carbons (Fsp3) is 0.481. The molecule has 0 bridgehead atoms. The number of anilines is 3. The Bertz CT molecular complexity index is 1040. The summed E-state index contributed by atoms with van der Waals surface area (Å²) in [5.41, 5.74) is 8.56. The number of hydrogen-bond acceptors (Lipinski definition) is 6. The lowest BCUT2D eigenvalue weighted by Crippen LogP contribution is -2.53. The molecule has 3 heterocycles. The number of halogens is 1. The maximum atomic E-state index is 15.7. The molecule has 7 nitrogen and oxygen atoms in total. The van der Waals surface area contributed by atoms with Crippen molar-refractivity contribution in [1.29, 1.82) is 0 Å². The summed E-state index contributed by atoms with van der Waals surface area (Å²) in [4.78, 5) is 30.3. The number of nitrogen functional groups attached to an aromatic ring is 1. The number of piperazine rings is 1. The Morgan fingerprint density at radius 3 is 2.03 bits per heavy atom. The average molecular weight is 480 g/mol. The van der Waals surface area contributed by atoms with Gasteiger partial charge in [0.25, 0.3) is 0 Å². The lowest BCUT2D eigenvalue weighted by Gasteiger charge is -2.43. The monoisotopic (exact) mass is 479 g/mol. The van der Waals surface area contributed by atoms with Gasteiger partial charge in [0.15, 0.2) is 0 Å². The predicted octanol–water partition coefficient (Wildman–Crippen LogP) is 2.92. The Kier molecular flexibility index (Phi) is 6.65. The Morgan fingerprint density at radius 1 is 0.857 bits per heavy atom. The number of amides is 2. The molecule has 1 unspecified atom stereocenters. The van der Waals surface area contributed by atoms with Gasteiger partial charge in [0, 0.05) is 82.1 Å². The van der Waals surface area contributed by atoms with E-state index in [1.807, 2.05) is 36.4 Å². The minimum absolute atomic E-state index is 0.192. The zero-order valence-corrected chi connectivity index (χ0v) is 20.1. The van der Waals surface area contributed by atoms with Crippen LogP contribution in [0.25, 0.3) is 0 Å². The molecule has 3 fully saturated rings. The van der Waals surface area contributed by atoms with Gasteiger partial charge in [-0.1, -0.05) is 12.1 Å². The summed E-state index contributed by atoms with van der Waals surface area (Å²) in [6.45, 7) is 5.31. The van der Waals surface area contributed by atoms with Crippen LogP contribution in [0.5, 0.6) is 0 Å². The van der Waals surface area contributed by atoms with Gasteiger partial charge < -0.3 is 15.5 Å². The van der Waals surface area contributed by atoms with E-state index in [0.717, 1.165) is 61.9 Å². The van der Waals surface area contributed by atoms with Crippen LogP contribution >= 0.6 is 0 Å². The number of imide groups is 1. The van der Waals surface area contributed by atoms with Crippen LogP contribution in [0.4, 0.5) is 21.5 Å². The molecule has 2 amide bonds. The summed E-state index contributed by atoms with van der Waals surface area (Å²) in [7, 11) is 0. The molecular formula is C27H34FN5O2. The van der Waals surface area contributed by atoms with Gasteiger partial charge in [-0.2, -0.15) is 0 Å². The third-order valence-corrected chi connectivity index (χ3v) is 7.70. The molecule has 3 N–H and O–H groups in total. The fourth-order valence-electron chi connectivity index (χ4n) is 5.50. The van der Waals surface area contributed by atoms with Crippen molar-refractivity contribution < 1.29 is 14.0 Å². The van der Waals surface area contributed by atoms with Gasteiger partial charge in [0.05, 0.1) is 5.92 Å². The van der Waals surface area contributed by atoms with Crippen molar-refractivity contribution in [2.45, 2.75) is 37.3 Å². The van der Waals surface area contributed by atoms with Crippen LogP contribution in [0.1, 0.15) is 37.2 Å². The first kappa shape index (κ1) is 23.6. The van der Waals surface area contributed by atoms with Crippen molar-refractivity contribution in [3.8, 4) is 0 Å². The minimum Gasteiger partial charge on any atom is -0.399 e. The van der Waals surface area contributed by atoms with Crippen molar-refractivity contribution in [3.63, 3.8) is 0 Å². The molecule has 3 aliphatic heterocycles. The van der Waals surface area contributed by atoms with Crippen LogP contribution in [0.15, 0.2) is 48.5 Å². The van der Waals surface area contributed by atoms with Crippen molar-refractivity contribution in [3.05, 3.63) is 54.1 Å². The molecule has 0 saturated carbocycles. The molecule has 35 heavy (non-hydrogen) atoms. The maximum absolute atomic E-state index is 15.7. The Labute approximate surface area is 206 Å². The number of rotatable bonds is 5. The molecule has 2 aromatic rings. The van der Waals surface area contributed by atoms with Gasteiger partial charge in [-0.25, -0.2) is 4.39 Å². The highest BCUT2D eigenvalue weighted by atomic mass is 19.1. The summed E-state index contributed by atoms with van der Waals surface area (Å²) in [6.07, 6.45) is 2.03. The summed E-state index contributed by atoms with van der Waals surface area (Å²) in [5, 5.41) is 2.43. The first-order valence-electron chi connectivity index (χ1n) is 12.6. The van der Waals surface area contributed by atoms with Crippen LogP contribution in [0, 0.1) is 0 Å². The Morgan fingerprint density at radius 2 is 1.43 bits per heavy atom. The van der Waals surface area contributed by atoms with E-state index in [9.17, 15) is 9.59 Å². The van der Waals surface area contributed by atoms with Gasteiger partial charge in [-0.05, 0) is 48.4 Å². The van der Waals surface area contributed by atoms with E-state index < -0.39 is 5.67 Å². The number of piperidine rings is 2. The van der Waals surface area contributed by atoms with Crippen LogP contribution < -0.4 is 20.9 Å². The molecule has 3 aliphatic rings. The number of hydrogen-bond donors (Lipinski definition) is 2. The zero-order chi connectivity index (χ0) is 24.4. The molecule has 8 heteroatoms. The number of nitrogens with zero attached hydrogens (tertiary/aromatic N) is 3. The molecular weight excluding hydrogens is 445 g/mol. The highest BCUT2D eigenvalue weighted by Crippen LogP contribution is 2.32. The highest BCUT2D eigenvalue weighted by Gasteiger charge is 2.37. The van der Waals surface area contributed by atoms with E-state index in [1.165, 1.54) is 0 Å². The zero-order valence-electron chi connectivity index (χ0n) is 20.1. The van der Waals surface area contributed by atoms with E-state index in [2.05, 4.69) is 32.1 Å². The smallest absolute Gasteiger partial charge is 0.234 e. The molecule has 0 spiro atoms. The molecule has 0 aromatic heterocycles. The van der Waals surface area contributed by atoms with E-state index in [4.69, 9.17) is 5.73 Å². The Hall–Kier alpha value is -3.13. The van der Waals surface area contributed by atoms with Gasteiger partial charge >= 0.3 is 0 Å². The SMILES string of the molecule is Nc1ccc(N2CCC(F)(CN3CCN(c4ccc(C5CCC(=O)NC5=O)cc4)CC3)CC2)cc1. The summed E-state index contributed by atoms with van der Waals surface area (Å²) < 4.78 is 15.7. The van der Waals surface area contributed by atoms with Gasteiger partial charge in [-0.15, -0.1) is 0 Å². The third kappa shape index (κ3) is 5.42. The standard InChI is InChI=1S/C27H34FN5O2/c28-27(11-13-32(14-12-27)23-7-3-21(29)4-8-23)19-31-15-17-33(18-16-31)22-5-1-20(2-6-22)24-9-10-25(34)30-26(24)35/h1-8,24H,9-19,29H2,(H,30,34,35). The van der Waals surface area contributed by atoms with E-state index in [0.29, 0.717) is 32.2 Å². The first-order valence-corrected chi connectivity index (χ1v) is 12.6. The minimum atomic E-state index is -1.14. The van der Waals surface area contributed by atoms with Crippen molar-refractivity contribution >= 4 is 28.9 Å². The van der Waals surface area contributed by atoms with E-state index in [1.54, 1.807) is 0 Å². The molecule has 3 saturated heterocycles. The quantitative estimate of drug-likeness (QED) is 0.507. The number of carbonyl (C=O) groups is 2. The Balaban J connectivity index is 1.10. The lowest BCUT2D eigenvalue weighted by molar-refractivity contribution is -0.134. The second-order valence-corrected chi connectivity index (χ2v) is 10.1. The number of alkyl halides is 1. The molecule has 0 radical (unpaired) electrons. The number of carbonyl (C=O) groups excluding carboxylic acids is 2. The topological polar surface area (TPSA) is 81.9 Å². The second-order valence-electron chi connectivity index (χ2n) is 10.1. The predicted molar refractivity (Wildman–Crippen MR) is 136 cm³/mol. The molecule has 5 rings (SSSR count). The van der Waals surface area contributed by atoms with Gasteiger partial charge in [0.2, 0.25) is 11.8 Å². The highest BCUT2D eigenvalue weighted by molar-refractivity contribution is 6.00. The largest absolute Gasteiger partial charge is 0.399 e. The maximum Gasteiger partial charge on any atom is 0.234 e. The third-order valence-electron chi connectivity index (χ3n) is 7.70. The summed E-state index contributed by atoms with van der Waals surface area (Å²) >= 11 is 0. The van der Waals surface area contributed by atoms with Gasteiger partial charge in [0.1, 0.15) is 5.67 Å². The number of benzene rings is 2. The lowest BCUT2D eigenvalue weighted by atomic mass is 9.90. The average Bonchev–Trinajstić information content (AvgIpc) is 2.86. The summed E-state index contributed by atoms with van der Waals surface area (Å²) in [5.74, 6) is -0.656. The second kappa shape index (κ2) is 9.85. The molecule has 1 atom stereocenters. The summed E-state index contributed by atoms with van der Waals surface area (Å²) in [6, 6.07) is 15.9. The van der Waals surface area contributed by atoms with Crippen molar-refractivity contribution in [2.75, 3.05) is 61.3 Å². The molecule has 2 aromatic carbocycles. The number of nitrogens with two attached hydrogens (primary N) is 1. The van der Waals surface area contributed by atoms with E-state index >= 15 is 4.39 Å². The van der Waals surface area contributed by atoms with Crippen LogP contribution in [-0.2, 0) is 9.59 Å². The van der Waals surface area contributed by atoms with E-state index in [-0.39, 0.29) is 17.7 Å². The van der Waals surface area contributed by atoms with Crippen molar-refractivity contribution in [1.82, 2.24) is 10.2 Å². The fourth-order valence-corrected chi connectivity index (χ4v) is 5.50.